The van der Waals surface area contributed by atoms with Crippen LogP contribution in [0.1, 0.15) is 354 Å². The molecule has 0 aromatic heterocycles. The van der Waals surface area contributed by atoms with Crippen LogP contribution in [0, 0.1) is 0 Å². The molecular weight excluding hydrogens is 923 g/mol. The Morgan fingerprint density at radius 2 is 0.667 bits per heavy atom. The van der Waals surface area contributed by atoms with Gasteiger partial charge in [0.25, 0.3) is 0 Å². The lowest BCUT2D eigenvalue weighted by atomic mass is 10.0. The third-order valence-electron chi connectivity index (χ3n) is 15.3. The van der Waals surface area contributed by atoms with Crippen LogP contribution < -0.4 is 5.32 Å². The molecule has 6 nitrogen and oxygen atoms in total. The maximum atomic E-state index is 12.5. The first-order valence-electron chi connectivity index (χ1n) is 33.4. The van der Waals surface area contributed by atoms with Gasteiger partial charge in [0, 0.05) is 12.8 Å². The minimum absolute atomic E-state index is 0.00521. The van der Waals surface area contributed by atoms with E-state index in [2.05, 4.69) is 55.6 Å². The fourth-order valence-corrected chi connectivity index (χ4v) is 10.2. The van der Waals surface area contributed by atoms with Gasteiger partial charge in [-0.1, -0.05) is 300 Å². The quantitative estimate of drug-likeness (QED) is 0.0320. The number of hydrogen-bond donors (Lipinski definition) is 3. The van der Waals surface area contributed by atoms with Gasteiger partial charge in [-0.05, 0) is 89.9 Å². The maximum absolute atomic E-state index is 12.5. The highest BCUT2D eigenvalue weighted by Gasteiger charge is 2.18. The van der Waals surface area contributed by atoms with E-state index >= 15 is 0 Å². The van der Waals surface area contributed by atoms with Gasteiger partial charge in [0.1, 0.15) is 0 Å². The molecule has 3 N–H and O–H groups in total. The molecule has 75 heavy (non-hydrogen) atoms. The molecule has 0 aliphatic heterocycles. The minimum atomic E-state index is -0.847. The SMILES string of the molecule is CCCCC/C=C\C/C=C\CCCCCCCCCC(=O)OCCCCCCCCCCCCCC/C=C\CCCCCCCCCCCC(=O)NC(CO)C(O)/C=C/CCCCCCCCCCCCCCCC. The van der Waals surface area contributed by atoms with E-state index in [0.29, 0.717) is 19.4 Å². The monoisotopic (exact) mass is 1050 g/mol. The van der Waals surface area contributed by atoms with Crippen molar-refractivity contribution in [3.05, 3.63) is 48.6 Å². The zero-order chi connectivity index (χ0) is 54.3. The Labute approximate surface area is 467 Å². The van der Waals surface area contributed by atoms with Crippen LogP contribution >= 0.6 is 0 Å². The molecule has 2 unspecified atom stereocenters. The number of esters is 1. The minimum Gasteiger partial charge on any atom is -0.466 e. The molecule has 0 aliphatic carbocycles. The summed E-state index contributed by atoms with van der Waals surface area (Å²) in [6.07, 6.45) is 83.1. The van der Waals surface area contributed by atoms with Crippen molar-refractivity contribution in [3.8, 4) is 0 Å². The molecule has 2 atom stereocenters. The van der Waals surface area contributed by atoms with Crippen molar-refractivity contribution in [1.82, 2.24) is 5.32 Å². The third-order valence-corrected chi connectivity index (χ3v) is 15.3. The van der Waals surface area contributed by atoms with E-state index in [1.165, 1.54) is 276 Å². The summed E-state index contributed by atoms with van der Waals surface area (Å²) in [6.45, 7) is 4.89. The highest BCUT2D eigenvalue weighted by atomic mass is 16.5. The molecule has 0 aromatic rings. The van der Waals surface area contributed by atoms with Crippen molar-refractivity contribution in [3.63, 3.8) is 0 Å². The molecule has 1 amide bonds. The Hall–Kier alpha value is -2.18. The molecule has 440 valence electrons. The van der Waals surface area contributed by atoms with E-state index in [-0.39, 0.29) is 18.5 Å². The zero-order valence-corrected chi connectivity index (χ0v) is 50.3. The molecular formula is C69H129NO5. The van der Waals surface area contributed by atoms with Crippen LogP contribution in [0.2, 0.25) is 0 Å². The molecule has 0 saturated heterocycles. The fraction of sp³-hybridized carbons (Fsp3) is 0.855. The number of amides is 1. The lowest BCUT2D eigenvalue weighted by Crippen LogP contribution is -2.45. The van der Waals surface area contributed by atoms with Gasteiger partial charge in [-0.25, -0.2) is 0 Å². The standard InChI is InChI=1S/C69H129NO5/c1-3-5-7-9-11-13-15-17-19-30-35-39-43-47-51-55-59-63-69(74)75-64-60-56-52-48-44-40-36-32-29-27-25-23-21-22-24-26-28-31-34-38-42-46-50-54-58-62-68(73)70-66(65-71)67(72)61-57-53-49-45-41-37-33-20-18-16-14-12-10-8-6-4-2/h11,13,17,19,22,24,57,61,66-67,71-72H,3-10,12,14-16,18,20-21,23,25-56,58-60,62-65H2,1-2H3,(H,70,73)/b13-11-,19-17-,24-22-,61-57+. The Bertz CT molecular complexity index is 1260. The Balaban J connectivity index is 3.42. The van der Waals surface area contributed by atoms with Gasteiger partial charge in [0.15, 0.2) is 0 Å². The summed E-state index contributed by atoms with van der Waals surface area (Å²) < 4.78 is 5.49. The molecule has 0 saturated carbocycles. The van der Waals surface area contributed by atoms with E-state index in [4.69, 9.17) is 4.74 Å². The summed E-state index contributed by atoms with van der Waals surface area (Å²) in [5.74, 6) is -0.0645. The molecule has 0 heterocycles. The number of ether oxygens (including phenoxy) is 1. The predicted octanol–water partition coefficient (Wildman–Crippen LogP) is 21.3. The van der Waals surface area contributed by atoms with Crippen molar-refractivity contribution in [2.45, 2.75) is 366 Å². The summed E-state index contributed by atoms with van der Waals surface area (Å²) in [5.41, 5.74) is 0. The summed E-state index contributed by atoms with van der Waals surface area (Å²) in [4.78, 5) is 24.6. The van der Waals surface area contributed by atoms with E-state index in [0.717, 1.165) is 51.4 Å². The van der Waals surface area contributed by atoms with Crippen LogP contribution in [-0.4, -0.2) is 47.4 Å². The van der Waals surface area contributed by atoms with Crippen molar-refractivity contribution in [2.24, 2.45) is 0 Å². The molecule has 0 spiro atoms. The van der Waals surface area contributed by atoms with E-state index in [1.807, 2.05) is 6.08 Å². The largest absolute Gasteiger partial charge is 0.466 e. The number of carbonyl (C=O) groups is 2. The van der Waals surface area contributed by atoms with Crippen LogP contribution in [0.4, 0.5) is 0 Å². The summed E-state index contributed by atoms with van der Waals surface area (Å²) in [7, 11) is 0. The highest BCUT2D eigenvalue weighted by molar-refractivity contribution is 5.76. The first-order valence-corrected chi connectivity index (χ1v) is 33.4. The molecule has 0 aliphatic rings. The summed E-state index contributed by atoms with van der Waals surface area (Å²) in [5, 5.41) is 23.2. The number of nitrogens with one attached hydrogen (secondary N) is 1. The molecule has 0 bridgehead atoms. The topological polar surface area (TPSA) is 95.9 Å². The van der Waals surface area contributed by atoms with Crippen molar-refractivity contribution < 1.29 is 24.5 Å². The second-order valence-corrected chi connectivity index (χ2v) is 22.8. The fourth-order valence-electron chi connectivity index (χ4n) is 10.2. The van der Waals surface area contributed by atoms with Gasteiger partial charge in [-0.3, -0.25) is 9.59 Å². The molecule has 0 aromatic carbocycles. The second kappa shape index (κ2) is 64.3. The second-order valence-electron chi connectivity index (χ2n) is 22.8. The predicted molar refractivity (Wildman–Crippen MR) is 329 cm³/mol. The van der Waals surface area contributed by atoms with Crippen LogP contribution in [0.3, 0.4) is 0 Å². The van der Waals surface area contributed by atoms with Crippen LogP contribution in [-0.2, 0) is 14.3 Å². The highest BCUT2D eigenvalue weighted by Crippen LogP contribution is 2.17. The van der Waals surface area contributed by atoms with E-state index < -0.39 is 12.1 Å². The zero-order valence-electron chi connectivity index (χ0n) is 50.3. The number of carbonyl (C=O) groups excluding carboxylic acids is 2. The average molecular weight is 1050 g/mol. The van der Waals surface area contributed by atoms with Gasteiger partial charge in [0.2, 0.25) is 5.91 Å². The molecule has 0 rings (SSSR count). The Morgan fingerprint density at radius 3 is 1.05 bits per heavy atom. The maximum Gasteiger partial charge on any atom is 0.305 e. The Morgan fingerprint density at radius 1 is 0.373 bits per heavy atom. The van der Waals surface area contributed by atoms with Gasteiger partial charge >= 0.3 is 5.97 Å². The van der Waals surface area contributed by atoms with Crippen LogP contribution in [0.15, 0.2) is 48.6 Å². The van der Waals surface area contributed by atoms with Crippen molar-refractivity contribution in [2.75, 3.05) is 13.2 Å². The summed E-state index contributed by atoms with van der Waals surface area (Å²) >= 11 is 0. The van der Waals surface area contributed by atoms with E-state index in [1.54, 1.807) is 6.08 Å². The number of hydrogen-bond acceptors (Lipinski definition) is 5. The number of allylic oxidation sites excluding steroid dienone is 7. The van der Waals surface area contributed by atoms with E-state index in [9.17, 15) is 19.8 Å². The number of rotatable bonds is 62. The van der Waals surface area contributed by atoms with Gasteiger partial charge in [0.05, 0.1) is 25.4 Å². The van der Waals surface area contributed by atoms with Gasteiger partial charge in [-0.2, -0.15) is 0 Å². The van der Waals surface area contributed by atoms with Gasteiger partial charge in [-0.15, -0.1) is 0 Å². The number of aliphatic hydroxyl groups is 2. The van der Waals surface area contributed by atoms with Crippen molar-refractivity contribution >= 4 is 11.9 Å². The number of aliphatic hydroxyl groups excluding tert-OH is 2. The van der Waals surface area contributed by atoms with Crippen LogP contribution in [0.25, 0.3) is 0 Å². The molecule has 0 fully saturated rings. The van der Waals surface area contributed by atoms with Crippen molar-refractivity contribution in [1.29, 1.82) is 0 Å². The Kier molecular flexibility index (Phi) is 62.5. The normalized spacial score (nSPS) is 12.9. The third kappa shape index (κ3) is 60.9. The first-order chi connectivity index (χ1) is 37.0. The smallest absolute Gasteiger partial charge is 0.305 e. The molecule has 0 radical (unpaired) electrons. The summed E-state index contributed by atoms with van der Waals surface area (Å²) in [6, 6.07) is -0.631. The number of unbranched alkanes of at least 4 members (excludes halogenated alkanes) is 45. The molecule has 6 heteroatoms. The van der Waals surface area contributed by atoms with Gasteiger partial charge < -0.3 is 20.3 Å². The lowest BCUT2D eigenvalue weighted by molar-refractivity contribution is -0.143. The average Bonchev–Trinajstić information content (AvgIpc) is 3.41. The van der Waals surface area contributed by atoms with Crippen LogP contribution in [0.5, 0.6) is 0 Å². The lowest BCUT2D eigenvalue weighted by Gasteiger charge is -2.20. The first kappa shape index (κ1) is 72.8.